The quantitative estimate of drug-likeness (QED) is 0.429. The number of carbonyl (C=O) groups excluding carboxylic acids is 1. The second-order valence-corrected chi connectivity index (χ2v) is 6.24. The fourth-order valence-electron chi connectivity index (χ4n) is 3.14. The fourth-order valence-corrected chi connectivity index (χ4v) is 3.14. The number of nitrogens with one attached hydrogen (secondary N) is 1. The maximum atomic E-state index is 12.1. The van der Waals surface area contributed by atoms with E-state index in [1.54, 1.807) is 13.0 Å². The summed E-state index contributed by atoms with van der Waals surface area (Å²) in [4.78, 5) is 24.7. The van der Waals surface area contributed by atoms with Gasteiger partial charge in [0.2, 0.25) is 0 Å². The van der Waals surface area contributed by atoms with Crippen molar-refractivity contribution in [2.45, 2.75) is 38.6 Å². The Labute approximate surface area is 141 Å². The van der Waals surface area contributed by atoms with Gasteiger partial charge in [0.1, 0.15) is 0 Å². The molecule has 1 heterocycles. The van der Waals surface area contributed by atoms with Crippen LogP contribution in [0, 0.1) is 17.0 Å². The van der Waals surface area contributed by atoms with Crippen LogP contribution >= 0.6 is 0 Å². The molecule has 1 aromatic carbocycles. The Bertz CT molecular complexity index is 591. The summed E-state index contributed by atoms with van der Waals surface area (Å²) in [5, 5.41) is 22.9. The van der Waals surface area contributed by atoms with E-state index in [0.29, 0.717) is 23.7 Å². The van der Waals surface area contributed by atoms with Gasteiger partial charge < -0.3 is 10.4 Å². The number of carbonyl (C=O) groups is 1. The van der Waals surface area contributed by atoms with Crippen LogP contribution in [0.2, 0.25) is 0 Å². The molecule has 0 aromatic heterocycles. The number of nitro benzene ring substituents is 1. The minimum atomic E-state index is -0.449. The Balaban J connectivity index is 1.71. The van der Waals surface area contributed by atoms with E-state index in [9.17, 15) is 20.0 Å². The number of nitrogens with zero attached hydrogens (tertiary/aromatic N) is 2. The van der Waals surface area contributed by atoms with Gasteiger partial charge >= 0.3 is 0 Å². The van der Waals surface area contributed by atoms with E-state index >= 15 is 0 Å². The number of likely N-dealkylation sites (tertiary alicyclic amines) is 1. The van der Waals surface area contributed by atoms with Gasteiger partial charge in [-0.25, -0.2) is 0 Å². The third kappa shape index (κ3) is 4.75. The van der Waals surface area contributed by atoms with E-state index in [-0.39, 0.29) is 18.2 Å². The number of unbranched alkanes of at least 4 members (excludes halogenated alkanes) is 1. The molecule has 2 N–H and O–H groups in total. The topological polar surface area (TPSA) is 95.7 Å². The molecule has 1 unspecified atom stereocenters. The molecule has 0 aliphatic carbocycles. The van der Waals surface area contributed by atoms with Crippen LogP contribution in [0.4, 0.5) is 5.69 Å². The van der Waals surface area contributed by atoms with Gasteiger partial charge in [-0.1, -0.05) is 0 Å². The SMILES string of the molecule is Cc1cc(C(=O)NCCCCN2CCCC2CO)ccc1[N+](=O)[O-]. The minimum Gasteiger partial charge on any atom is -0.395 e. The first-order valence-electron chi connectivity index (χ1n) is 8.41. The Morgan fingerprint density at radius 1 is 1.46 bits per heavy atom. The van der Waals surface area contributed by atoms with Crippen molar-refractivity contribution in [1.82, 2.24) is 10.2 Å². The highest BCUT2D eigenvalue weighted by atomic mass is 16.6. The second-order valence-electron chi connectivity index (χ2n) is 6.24. The molecule has 7 heteroatoms. The van der Waals surface area contributed by atoms with Gasteiger partial charge in [-0.15, -0.1) is 0 Å². The summed E-state index contributed by atoms with van der Waals surface area (Å²) in [6, 6.07) is 4.69. The molecule has 1 aliphatic heterocycles. The summed E-state index contributed by atoms with van der Waals surface area (Å²) in [5.41, 5.74) is 0.949. The number of hydrogen-bond donors (Lipinski definition) is 2. The molecule has 0 radical (unpaired) electrons. The molecule has 0 bridgehead atoms. The summed E-state index contributed by atoms with van der Waals surface area (Å²) in [6.45, 7) is 4.41. The van der Waals surface area contributed by atoms with Crippen molar-refractivity contribution in [3.05, 3.63) is 39.4 Å². The summed E-state index contributed by atoms with van der Waals surface area (Å²) in [5.74, 6) is -0.206. The van der Waals surface area contributed by atoms with Crippen LogP contribution in [0.25, 0.3) is 0 Å². The summed E-state index contributed by atoms with van der Waals surface area (Å²) in [7, 11) is 0. The Morgan fingerprint density at radius 2 is 2.25 bits per heavy atom. The van der Waals surface area contributed by atoms with Crippen LogP contribution in [0.5, 0.6) is 0 Å². The smallest absolute Gasteiger partial charge is 0.272 e. The number of aryl methyl sites for hydroxylation is 1. The predicted molar refractivity (Wildman–Crippen MR) is 91.1 cm³/mol. The molecule has 0 saturated carbocycles. The standard InChI is InChI=1S/C17H25N3O4/c1-13-11-14(6-7-16(13)20(23)24)17(22)18-8-2-3-9-19-10-4-5-15(19)12-21/h6-7,11,15,21H,2-5,8-10,12H2,1H3,(H,18,22). The number of amides is 1. The summed E-state index contributed by atoms with van der Waals surface area (Å²) < 4.78 is 0. The fraction of sp³-hybridized carbons (Fsp3) is 0.588. The van der Waals surface area contributed by atoms with E-state index in [4.69, 9.17) is 0 Å². The molecule has 1 atom stereocenters. The van der Waals surface area contributed by atoms with Crippen molar-refractivity contribution < 1.29 is 14.8 Å². The number of aliphatic hydroxyl groups excluding tert-OH is 1. The summed E-state index contributed by atoms with van der Waals surface area (Å²) >= 11 is 0. The van der Waals surface area contributed by atoms with Crippen molar-refractivity contribution in [2.24, 2.45) is 0 Å². The molecule has 1 fully saturated rings. The van der Waals surface area contributed by atoms with Gasteiger partial charge in [-0.3, -0.25) is 19.8 Å². The maximum absolute atomic E-state index is 12.1. The Morgan fingerprint density at radius 3 is 2.92 bits per heavy atom. The highest BCUT2D eigenvalue weighted by molar-refractivity contribution is 5.94. The van der Waals surface area contributed by atoms with Crippen molar-refractivity contribution in [3.63, 3.8) is 0 Å². The number of hydrogen-bond acceptors (Lipinski definition) is 5. The predicted octanol–water partition coefficient (Wildman–Crippen LogP) is 1.87. The lowest BCUT2D eigenvalue weighted by atomic mass is 10.1. The monoisotopic (exact) mass is 335 g/mol. The zero-order chi connectivity index (χ0) is 17.5. The maximum Gasteiger partial charge on any atom is 0.272 e. The van der Waals surface area contributed by atoms with Crippen LogP contribution in [0.15, 0.2) is 18.2 Å². The molecule has 1 saturated heterocycles. The first-order valence-corrected chi connectivity index (χ1v) is 8.41. The van der Waals surface area contributed by atoms with Gasteiger partial charge in [0.15, 0.2) is 0 Å². The number of benzene rings is 1. The molecular weight excluding hydrogens is 310 g/mol. The molecule has 132 valence electrons. The highest BCUT2D eigenvalue weighted by Gasteiger charge is 2.22. The van der Waals surface area contributed by atoms with E-state index in [1.165, 1.54) is 12.1 Å². The normalized spacial score (nSPS) is 17.8. The minimum absolute atomic E-state index is 0.0237. The van der Waals surface area contributed by atoms with Crippen molar-refractivity contribution in [3.8, 4) is 0 Å². The van der Waals surface area contributed by atoms with Crippen molar-refractivity contribution in [2.75, 3.05) is 26.2 Å². The molecule has 1 aromatic rings. The average molecular weight is 335 g/mol. The number of rotatable bonds is 8. The zero-order valence-corrected chi connectivity index (χ0v) is 14.0. The van der Waals surface area contributed by atoms with Crippen molar-refractivity contribution in [1.29, 1.82) is 0 Å². The second kappa shape index (κ2) is 8.75. The Hall–Kier alpha value is -1.99. The first-order chi connectivity index (χ1) is 11.5. The first kappa shape index (κ1) is 18.4. The molecule has 0 spiro atoms. The van der Waals surface area contributed by atoms with Crippen molar-refractivity contribution >= 4 is 11.6 Å². The van der Waals surface area contributed by atoms with Gasteiger partial charge in [-0.05, 0) is 57.8 Å². The van der Waals surface area contributed by atoms with Gasteiger partial charge in [0.25, 0.3) is 11.6 Å². The molecular formula is C17H25N3O4. The lowest BCUT2D eigenvalue weighted by molar-refractivity contribution is -0.385. The van der Waals surface area contributed by atoms with E-state index in [2.05, 4.69) is 10.2 Å². The van der Waals surface area contributed by atoms with Gasteiger partial charge in [-0.2, -0.15) is 0 Å². The van der Waals surface area contributed by atoms with E-state index in [0.717, 1.165) is 38.8 Å². The molecule has 1 amide bonds. The van der Waals surface area contributed by atoms with E-state index in [1.807, 2.05) is 0 Å². The molecule has 24 heavy (non-hydrogen) atoms. The van der Waals surface area contributed by atoms with Crippen LogP contribution in [0.3, 0.4) is 0 Å². The van der Waals surface area contributed by atoms with Gasteiger partial charge in [0, 0.05) is 29.8 Å². The van der Waals surface area contributed by atoms with Crippen LogP contribution < -0.4 is 5.32 Å². The molecule has 2 rings (SSSR count). The zero-order valence-electron chi connectivity index (χ0n) is 14.0. The van der Waals surface area contributed by atoms with Crippen LogP contribution in [0.1, 0.15) is 41.6 Å². The van der Waals surface area contributed by atoms with Crippen LogP contribution in [-0.2, 0) is 0 Å². The van der Waals surface area contributed by atoms with Gasteiger partial charge in [0.05, 0.1) is 11.5 Å². The third-order valence-corrected chi connectivity index (χ3v) is 4.52. The number of aliphatic hydroxyl groups is 1. The summed E-state index contributed by atoms with van der Waals surface area (Å²) in [6.07, 6.45) is 4.04. The Kier molecular flexibility index (Phi) is 6.69. The lowest BCUT2D eigenvalue weighted by Crippen LogP contribution is -2.33. The van der Waals surface area contributed by atoms with Crippen LogP contribution in [-0.4, -0.2) is 53.1 Å². The molecule has 1 aliphatic rings. The largest absolute Gasteiger partial charge is 0.395 e. The number of nitro groups is 1. The third-order valence-electron chi connectivity index (χ3n) is 4.52. The molecule has 7 nitrogen and oxygen atoms in total. The van der Waals surface area contributed by atoms with E-state index < -0.39 is 4.92 Å². The highest BCUT2D eigenvalue weighted by Crippen LogP contribution is 2.19. The lowest BCUT2D eigenvalue weighted by Gasteiger charge is -2.22. The average Bonchev–Trinajstić information content (AvgIpc) is 3.01.